The van der Waals surface area contributed by atoms with Gasteiger partial charge in [0, 0.05) is 6.04 Å². The second kappa shape index (κ2) is 7.82. The third-order valence-corrected chi connectivity index (χ3v) is 4.13. The topological polar surface area (TPSA) is 50.4 Å². The summed E-state index contributed by atoms with van der Waals surface area (Å²) in [4.78, 5) is 12.1. The van der Waals surface area contributed by atoms with Crippen molar-refractivity contribution in [2.75, 3.05) is 6.54 Å². The number of nitrogens with one attached hydrogen (secondary N) is 2. The zero-order valence-electron chi connectivity index (χ0n) is 14.8. The van der Waals surface area contributed by atoms with Crippen LogP contribution in [0.15, 0.2) is 30.3 Å². The van der Waals surface area contributed by atoms with Gasteiger partial charge in [0.05, 0.1) is 6.04 Å². The van der Waals surface area contributed by atoms with Gasteiger partial charge in [-0.15, -0.1) is 0 Å². The number of benzene rings is 1. The van der Waals surface area contributed by atoms with Gasteiger partial charge in [0.1, 0.15) is 5.60 Å². The van der Waals surface area contributed by atoms with Crippen molar-refractivity contribution < 1.29 is 9.53 Å². The zero-order chi connectivity index (χ0) is 16.9. The summed E-state index contributed by atoms with van der Waals surface area (Å²) in [5.74, 6) is 0.845. The highest BCUT2D eigenvalue weighted by Crippen LogP contribution is 2.26. The molecule has 1 fully saturated rings. The number of rotatable bonds is 6. The van der Waals surface area contributed by atoms with Crippen molar-refractivity contribution in [3.05, 3.63) is 35.9 Å². The van der Waals surface area contributed by atoms with Gasteiger partial charge in [-0.3, -0.25) is 0 Å². The van der Waals surface area contributed by atoms with Gasteiger partial charge < -0.3 is 15.4 Å². The normalized spacial score (nSPS) is 22.1. The number of carbonyl (C=O) groups excluding carboxylic acids is 1. The molecule has 1 atom stereocenters. The van der Waals surface area contributed by atoms with E-state index in [1.165, 1.54) is 12.8 Å². The van der Waals surface area contributed by atoms with Crippen molar-refractivity contribution in [1.29, 1.82) is 0 Å². The number of ether oxygens (including phenoxy) is 1. The molecule has 1 aliphatic rings. The van der Waals surface area contributed by atoms with Gasteiger partial charge in [-0.25, -0.2) is 4.79 Å². The van der Waals surface area contributed by atoms with Crippen molar-refractivity contribution in [3.8, 4) is 0 Å². The SMILES string of the molecule is CC1CC(NCCC(NC(=O)OC(C)(C)C)c2ccccc2)C1. The Morgan fingerprint density at radius 2 is 1.91 bits per heavy atom. The van der Waals surface area contributed by atoms with Crippen LogP contribution in [0.1, 0.15) is 58.6 Å². The molecule has 0 radical (unpaired) electrons. The summed E-state index contributed by atoms with van der Waals surface area (Å²) in [5, 5.41) is 6.59. The van der Waals surface area contributed by atoms with Crippen molar-refractivity contribution >= 4 is 6.09 Å². The summed E-state index contributed by atoms with van der Waals surface area (Å²) in [6, 6.07) is 10.7. The molecular formula is C19H30N2O2. The fraction of sp³-hybridized carbons (Fsp3) is 0.632. The summed E-state index contributed by atoms with van der Waals surface area (Å²) >= 11 is 0. The molecule has 4 nitrogen and oxygen atoms in total. The maximum absolute atomic E-state index is 12.1. The minimum absolute atomic E-state index is 0.0314. The van der Waals surface area contributed by atoms with Crippen LogP contribution in [0, 0.1) is 5.92 Å². The molecule has 1 aromatic rings. The van der Waals surface area contributed by atoms with E-state index in [-0.39, 0.29) is 12.1 Å². The molecule has 2 rings (SSSR count). The molecule has 0 aliphatic heterocycles. The largest absolute Gasteiger partial charge is 0.444 e. The number of carbonyl (C=O) groups is 1. The van der Waals surface area contributed by atoms with E-state index in [4.69, 9.17) is 4.74 Å². The summed E-state index contributed by atoms with van der Waals surface area (Å²) in [6.45, 7) is 8.82. The van der Waals surface area contributed by atoms with E-state index in [0.717, 1.165) is 24.4 Å². The van der Waals surface area contributed by atoms with Gasteiger partial charge in [0.2, 0.25) is 0 Å². The van der Waals surface area contributed by atoms with Crippen LogP contribution in [0.25, 0.3) is 0 Å². The lowest BCUT2D eigenvalue weighted by molar-refractivity contribution is 0.0500. The molecule has 1 aromatic carbocycles. The Labute approximate surface area is 140 Å². The molecule has 0 saturated heterocycles. The molecule has 1 aliphatic carbocycles. The predicted octanol–water partition coefficient (Wildman–Crippen LogP) is 4.03. The molecule has 0 heterocycles. The first kappa shape index (κ1) is 17.8. The lowest BCUT2D eigenvalue weighted by atomic mass is 9.82. The van der Waals surface area contributed by atoms with Gasteiger partial charge in [-0.05, 0) is 58.1 Å². The molecule has 0 bridgehead atoms. The molecule has 1 amide bonds. The van der Waals surface area contributed by atoms with Crippen molar-refractivity contribution in [1.82, 2.24) is 10.6 Å². The van der Waals surface area contributed by atoms with Gasteiger partial charge in [0.25, 0.3) is 0 Å². The molecule has 0 aromatic heterocycles. The Kier molecular flexibility index (Phi) is 6.05. The lowest BCUT2D eigenvalue weighted by Crippen LogP contribution is -2.42. The fourth-order valence-corrected chi connectivity index (χ4v) is 2.96. The van der Waals surface area contributed by atoms with Gasteiger partial charge in [0.15, 0.2) is 0 Å². The van der Waals surface area contributed by atoms with E-state index in [9.17, 15) is 4.79 Å². The Hall–Kier alpha value is -1.55. The Balaban J connectivity index is 1.88. The third-order valence-electron chi connectivity index (χ3n) is 4.13. The molecule has 1 unspecified atom stereocenters. The van der Waals surface area contributed by atoms with E-state index in [0.29, 0.717) is 6.04 Å². The molecule has 4 heteroatoms. The zero-order valence-corrected chi connectivity index (χ0v) is 14.8. The van der Waals surface area contributed by atoms with Crippen LogP contribution < -0.4 is 10.6 Å². The first-order chi connectivity index (χ1) is 10.8. The maximum atomic E-state index is 12.1. The minimum Gasteiger partial charge on any atom is -0.444 e. The van der Waals surface area contributed by atoms with Crippen LogP contribution in [0.3, 0.4) is 0 Å². The maximum Gasteiger partial charge on any atom is 0.408 e. The molecule has 2 N–H and O–H groups in total. The number of alkyl carbamates (subject to hydrolysis) is 1. The lowest BCUT2D eigenvalue weighted by Gasteiger charge is -2.34. The van der Waals surface area contributed by atoms with Crippen molar-refractivity contribution in [3.63, 3.8) is 0 Å². The number of amides is 1. The Bertz CT molecular complexity index is 490. The van der Waals surface area contributed by atoms with Crippen LogP contribution in [0.2, 0.25) is 0 Å². The minimum atomic E-state index is -0.481. The third kappa shape index (κ3) is 6.22. The summed E-state index contributed by atoms with van der Waals surface area (Å²) in [5.41, 5.74) is 0.633. The molecule has 1 saturated carbocycles. The van der Waals surface area contributed by atoms with E-state index in [1.807, 2.05) is 51.1 Å². The van der Waals surface area contributed by atoms with Crippen LogP contribution in [0.4, 0.5) is 4.79 Å². The summed E-state index contributed by atoms with van der Waals surface area (Å²) in [6.07, 6.45) is 3.02. The van der Waals surface area contributed by atoms with Crippen LogP contribution in [-0.4, -0.2) is 24.3 Å². The Morgan fingerprint density at radius 3 is 2.48 bits per heavy atom. The summed E-state index contributed by atoms with van der Waals surface area (Å²) in [7, 11) is 0. The summed E-state index contributed by atoms with van der Waals surface area (Å²) < 4.78 is 5.39. The van der Waals surface area contributed by atoms with Crippen LogP contribution >= 0.6 is 0 Å². The second-order valence-corrected chi connectivity index (χ2v) is 7.63. The van der Waals surface area contributed by atoms with Gasteiger partial charge >= 0.3 is 6.09 Å². The highest BCUT2D eigenvalue weighted by molar-refractivity contribution is 5.68. The van der Waals surface area contributed by atoms with Crippen LogP contribution in [0.5, 0.6) is 0 Å². The highest BCUT2D eigenvalue weighted by Gasteiger charge is 2.25. The molecule has 128 valence electrons. The van der Waals surface area contributed by atoms with E-state index < -0.39 is 5.60 Å². The molecule has 23 heavy (non-hydrogen) atoms. The second-order valence-electron chi connectivity index (χ2n) is 7.63. The average molecular weight is 318 g/mol. The van der Waals surface area contributed by atoms with Gasteiger partial charge in [-0.2, -0.15) is 0 Å². The monoisotopic (exact) mass is 318 g/mol. The highest BCUT2D eigenvalue weighted by atomic mass is 16.6. The average Bonchev–Trinajstić information content (AvgIpc) is 2.43. The smallest absolute Gasteiger partial charge is 0.408 e. The molecule has 0 spiro atoms. The van der Waals surface area contributed by atoms with E-state index >= 15 is 0 Å². The number of hydrogen-bond donors (Lipinski definition) is 2. The molecular weight excluding hydrogens is 288 g/mol. The predicted molar refractivity (Wildman–Crippen MR) is 93.4 cm³/mol. The van der Waals surface area contributed by atoms with Crippen molar-refractivity contribution in [2.45, 2.75) is 64.6 Å². The first-order valence-electron chi connectivity index (χ1n) is 8.61. The fourth-order valence-electron chi connectivity index (χ4n) is 2.96. The van der Waals surface area contributed by atoms with E-state index in [1.54, 1.807) is 0 Å². The number of hydrogen-bond acceptors (Lipinski definition) is 3. The first-order valence-corrected chi connectivity index (χ1v) is 8.61. The Morgan fingerprint density at radius 1 is 1.26 bits per heavy atom. The standard InChI is InChI=1S/C19H30N2O2/c1-14-12-16(13-14)20-11-10-17(15-8-6-5-7-9-15)21-18(22)23-19(2,3)4/h5-9,14,16-17,20H,10-13H2,1-4H3,(H,21,22). The van der Waals surface area contributed by atoms with Crippen molar-refractivity contribution in [2.24, 2.45) is 5.92 Å². The van der Waals surface area contributed by atoms with Gasteiger partial charge in [-0.1, -0.05) is 37.3 Å². The quantitative estimate of drug-likeness (QED) is 0.832. The van der Waals surface area contributed by atoms with Crippen LogP contribution in [-0.2, 0) is 4.74 Å². The van der Waals surface area contributed by atoms with E-state index in [2.05, 4.69) is 17.6 Å².